The monoisotopic (exact) mass is 372 g/mol. The Morgan fingerprint density at radius 1 is 1.00 bits per heavy atom. The summed E-state index contributed by atoms with van der Waals surface area (Å²) >= 11 is 1.39. The average molecular weight is 372 g/mol. The van der Waals surface area contributed by atoms with Crippen LogP contribution in [0.2, 0.25) is 0 Å². The normalized spacial score (nSPS) is 25.9. The quantitative estimate of drug-likeness (QED) is 0.811. The third kappa shape index (κ3) is 3.21. The minimum Gasteiger partial charge on any atom is -0.316 e. The zero-order chi connectivity index (χ0) is 17.4. The second kappa shape index (κ2) is 6.31. The van der Waals surface area contributed by atoms with Gasteiger partial charge in [-0.25, -0.2) is 8.42 Å². The number of rotatable bonds is 2. The number of fused-ring (bicyclic) bond motifs is 1. The zero-order valence-corrected chi connectivity index (χ0v) is 14.9. The van der Waals surface area contributed by atoms with E-state index in [0.29, 0.717) is 10.7 Å². The van der Waals surface area contributed by atoms with Gasteiger partial charge in [0.15, 0.2) is 15.0 Å². The molecule has 0 N–H and O–H groups in total. The molecule has 2 aliphatic heterocycles. The van der Waals surface area contributed by atoms with Crippen LogP contribution in [0.3, 0.4) is 0 Å². The van der Waals surface area contributed by atoms with E-state index in [9.17, 15) is 13.2 Å². The van der Waals surface area contributed by atoms with Gasteiger partial charge in [-0.15, -0.1) is 0 Å². The van der Waals surface area contributed by atoms with Crippen molar-refractivity contribution in [2.75, 3.05) is 16.4 Å². The van der Waals surface area contributed by atoms with E-state index in [-0.39, 0.29) is 28.7 Å². The van der Waals surface area contributed by atoms with Crippen molar-refractivity contribution in [3.05, 3.63) is 66.2 Å². The van der Waals surface area contributed by atoms with E-state index in [4.69, 9.17) is 0 Å². The molecule has 2 atom stereocenters. The molecule has 7 heteroatoms. The van der Waals surface area contributed by atoms with Gasteiger partial charge in [-0.3, -0.25) is 4.79 Å². The lowest BCUT2D eigenvalue weighted by Gasteiger charge is -2.24. The number of hydrogen-bond donors (Lipinski definition) is 0. The molecule has 2 saturated heterocycles. The van der Waals surface area contributed by atoms with Crippen LogP contribution in [0.15, 0.2) is 65.7 Å². The summed E-state index contributed by atoms with van der Waals surface area (Å²) in [5, 5.41) is 0.484. The van der Waals surface area contributed by atoms with Gasteiger partial charge in [-0.1, -0.05) is 48.2 Å². The van der Waals surface area contributed by atoms with Crippen LogP contribution in [0.5, 0.6) is 0 Å². The third-order valence-corrected chi connectivity index (χ3v) is 7.53. The molecule has 2 aromatic carbocycles. The van der Waals surface area contributed by atoms with Crippen molar-refractivity contribution in [3.8, 4) is 0 Å². The number of nitrogens with zero attached hydrogens (tertiary/aromatic N) is 2. The van der Waals surface area contributed by atoms with Gasteiger partial charge >= 0.3 is 0 Å². The van der Waals surface area contributed by atoms with E-state index in [1.54, 1.807) is 24.3 Å². The maximum atomic E-state index is 12.5. The van der Waals surface area contributed by atoms with Crippen LogP contribution in [0.1, 0.15) is 10.4 Å². The second-order valence-electron chi connectivity index (χ2n) is 6.07. The Bertz CT molecular complexity index is 927. The molecule has 0 spiro atoms. The minimum absolute atomic E-state index is 0.0903. The average Bonchev–Trinajstić information content (AvgIpc) is 3.07. The Labute approximate surface area is 150 Å². The number of hydrogen-bond acceptors (Lipinski definition) is 4. The number of benzene rings is 2. The molecule has 5 nitrogen and oxygen atoms in total. The Morgan fingerprint density at radius 3 is 2.32 bits per heavy atom. The van der Waals surface area contributed by atoms with Crippen molar-refractivity contribution in [2.45, 2.75) is 11.3 Å². The highest BCUT2D eigenvalue weighted by atomic mass is 32.2. The van der Waals surface area contributed by atoms with Crippen LogP contribution < -0.4 is 4.90 Å². The summed E-state index contributed by atoms with van der Waals surface area (Å²) in [6.07, 6.45) is 0. The highest BCUT2D eigenvalue weighted by Crippen LogP contribution is 2.40. The SMILES string of the molecule is O=C(N=C1SC2CS(=O)(=O)CC2N1c1ccccc1)c1ccccc1. The molecule has 4 rings (SSSR count). The van der Waals surface area contributed by atoms with Gasteiger partial charge in [-0.2, -0.15) is 4.99 Å². The Morgan fingerprint density at radius 2 is 1.64 bits per heavy atom. The molecule has 2 aliphatic rings. The molecular formula is C18H16N2O3S2. The minimum atomic E-state index is -3.05. The summed E-state index contributed by atoms with van der Waals surface area (Å²) in [6, 6.07) is 18.2. The number of carbonyl (C=O) groups is 1. The third-order valence-electron chi connectivity index (χ3n) is 4.32. The topological polar surface area (TPSA) is 66.8 Å². The van der Waals surface area contributed by atoms with Crippen LogP contribution in [0.4, 0.5) is 5.69 Å². The maximum Gasteiger partial charge on any atom is 0.279 e. The standard InChI is InChI=1S/C18H16N2O3S2/c21-17(13-7-3-1-4-8-13)19-18-20(14-9-5-2-6-10-14)15-11-25(22,23)12-16(15)24-18/h1-10,15-16H,11-12H2. The van der Waals surface area contributed by atoms with Crippen molar-refractivity contribution in [1.82, 2.24) is 0 Å². The van der Waals surface area contributed by atoms with E-state index in [2.05, 4.69) is 4.99 Å². The van der Waals surface area contributed by atoms with Crippen LogP contribution in [0, 0.1) is 0 Å². The molecule has 2 fully saturated rings. The van der Waals surface area contributed by atoms with E-state index in [1.165, 1.54) is 11.8 Å². The predicted octanol–water partition coefficient (Wildman–Crippen LogP) is 2.60. The van der Waals surface area contributed by atoms with E-state index < -0.39 is 9.84 Å². The number of amides is 1. The van der Waals surface area contributed by atoms with Gasteiger partial charge in [0.2, 0.25) is 0 Å². The van der Waals surface area contributed by atoms with E-state index in [0.717, 1.165) is 5.69 Å². The molecular weight excluding hydrogens is 356 g/mol. The Hall–Kier alpha value is -2.12. The fourth-order valence-corrected chi connectivity index (χ4v) is 7.10. The van der Waals surface area contributed by atoms with Crippen LogP contribution >= 0.6 is 11.8 Å². The summed E-state index contributed by atoms with van der Waals surface area (Å²) in [6.45, 7) is 0. The number of aliphatic imine (C=N–C) groups is 1. The molecule has 25 heavy (non-hydrogen) atoms. The molecule has 128 valence electrons. The van der Waals surface area contributed by atoms with Crippen molar-refractivity contribution in [1.29, 1.82) is 0 Å². The number of anilines is 1. The first-order valence-electron chi connectivity index (χ1n) is 7.93. The Balaban J connectivity index is 1.72. The number of amidine groups is 1. The van der Waals surface area contributed by atoms with Crippen molar-refractivity contribution < 1.29 is 13.2 Å². The lowest BCUT2D eigenvalue weighted by atomic mass is 10.2. The molecule has 0 aliphatic carbocycles. The summed E-state index contributed by atoms with van der Waals surface area (Å²) in [4.78, 5) is 18.7. The molecule has 2 heterocycles. The van der Waals surface area contributed by atoms with Crippen molar-refractivity contribution in [3.63, 3.8) is 0 Å². The first-order valence-corrected chi connectivity index (χ1v) is 10.6. The lowest BCUT2D eigenvalue weighted by molar-refractivity contribution is 0.100. The van der Waals surface area contributed by atoms with Crippen LogP contribution in [0.25, 0.3) is 0 Å². The smallest absolute Gasteiger partial charge is 0.279 e. The summed E-state index contributed by atoms with van der Waals surface area (Å²) in [5.74, 6) is -0.0886. The molecule has 1 amide bonds. The van der Waals surface area contributed by atoms with Gasteiger partial charge < -0.3 is 4.90 Å². The molecule has 0 aromatic heterocycles. The van der Waals surface area contributed by atoms with E-state index >= 15 is 0 Å². The highest BCUT2D eigenvalue weighted by molar-refractivity contribution is 8.16. The van der Waals surface area contributed by atoms with Crippen molar-refractivity contribution >= 4 is 38.4 Å². The maximum absolute atomic E-state index is 12.5. The molecule has 2 aromatic rings. The van der Waals surface area contributed by atoms with Gasteiger partial charge in [0.1, 0.15) is 0 Å². The predicted molar refractivity (Wildman–Crippen MR) is 101 cm³/mol. The summed E-state index contributed by atoms with van der Waals surface area (Å²) in [7, 11) is -3.05. The number of thioether (sulfide) groups is 1. The number of para-hydroxylation sites is 1. The fraction of sp³-hybridized carbons (Fsp3) is 0.222. The summed E-state index contributed by atoms with van der Waals surface area (Å²) in [5.41, 5.74) is 1.38. The largest absolute Gasteiger partial charge is 0.316 e. The zero-order valence-electron chi connectivity index (χ0n) is 13.3. The highest BCUT2D eigenvalue weighted by Gasteiger charge is 2.49. The molecule has 0 radical (unpaired) electrons. The second-order valence-corrected chi connectivity index (χ2v) is 9.43. The first kappa shape index (κ1) is 16.4. The molecule has 2 unspecified atom stereocenters. The first-order chi connectivity index (χ1) is 12.0. The van der Waals surface area contributed by atoms with E-state index in [1.807, 2.05) is 41.3 Å². The van der Waals surface area contributed by atoms with Gasteiger partial charge in [0, 0.05) is 16.5 Å². The van der Waals surface area contributed by atoms with Crippen molar-refractivity contribution in [2.24, 2.45) is 4.99 Å². The number of carbonyl (C=O) groups excluding carboxylic acids is 1. The van der Waals surface area contributed by atoms with Gasteiger partial charge in [0.25, 0.3) is 5.91 Å². The van der Waals surface area contributed by atoms with Gasteiger partial charge in [0.05, 0.1) is 17.5 Å². The Kier molecular flexibility index (Phi) is 4.13. The van der Waals surface area contributed by atoms with Gasteiger partial charge in [-0.05, 0) is 24.3 Å². The fourth-order valence-electron chi connectivity index (χ4n) is 3.19. The number of sulfone groups is 1. The van der Waals surface area contributed by atoms with Crippen LogP contribution in [-0.4, -0.2) is 42.3 Å². The molecule has 0 saturated carbocycles. The van der Waals surface area contributed by atoms with Crippen LogP contribution in [-0.2, 0) is 9.84 Å². The lowest BCUT2D eigenvalue weighted by Crippen LogP contribution is -2.37. The summed E-state index contributed by atoms with van der Waals surface area (Å²) < 4.78 is 24.0. The molecule has 0 bridgehead atoms.